The van der Waals surface area contributed by atoms with Gasteiger partial charge in [0.25, 0.3) is 5.91 Å². The van der Waals surface area contributed by atoms with Crippen molar-refractivity contribution in [1.29, 1.82) is 0 Å². The van der Waals surface area contributed by atoms with E-state index in [4.69, 9.17) is 4.74 Å². The normalized spacial score (nSPS) is 10.3. The molecule has 6 nitrogen and oxygen atoms in total. The predicted molar refractivity (Wildman–Crippen MR) is 102 cm³/mol. The number of methoxy groups -OCH3 is 1. The van der Waals surface area contributed by atoms with E-state index < -0.39 is 0 Å². The molecule has 0 saturated heterocycles. The number of nitrogens with zero attached hydrogens (tertiary/aromatic N) is 2. The van der Waals surface area contributed by atoms with Crippen molar-refractivity contribution in [2.24, 2.45) is 0 Å². The molecule has 3 aromatic rings. The zero-order valence-electron chi connectivity index (χ0n) is 14.9. The van der Waals surface area contributed by atoms with Gasteiger partial charge in [-0.05, 0) is 67.4 Å². The van der Waals surface area contributed by atoms with Gasteiger partial charge in [0.05, 0.1) is 7.11 Å². The number of carbonyl (C=O) groups is 1. The van der Waals surface area contributed by atoms with E-state index >= 15 is 0 Å². The van der Waals surface area contributed by atoms with Gasteiger partial charge >= 0.3 is 0 Å². The molecule has 0 spiro atoms. The quantitative estimate of drug-likeness (QED) is 0.726. The van der Waals surface area contributed by atoms with Crippen LogP contribution in [0.2, 0.25) is 0 Å². The average molecular weight is 348 g/mol. The number of aryl methyl sites for hydroxylation is 2. The number of benzene rings is 2. The molecule has 0 aliphatic carbocycles. The van der Waals surface area contributed by atoms with Crippen LogP contribution >= 0.6 is 0 Å². The topological polar surface area (TPSA) is 76.1 Å². The van der Waals surface area contributed by atoms with Gasteiger partial charge < -0.3 is 15.4 Å². The standard InChI is InChI=1S/C20H20N4O2/c1-13-4-5-14(2)18(12-13)22-19-11-10-17(23-24-19)20(25)21-15-6-8-16(26-3)9-7-15/h4-12H,1-3H3,(H,21,25)(H,22,24). The van der Waals surface area contributed by atoms with Gasteiger partial charge in [-0.2, -0.15) is 0 Å². The Morgan fingerprint density at radius 2 is 1.73 bits per heavy atom. The van der Waals surface area contributed by atoms with Crippen LogP contribution in [-0.4, -0.2) is 23.2 Å². The number of aromatic nitrogens is 2. The van der Waals surface area contributed by atoms with Crippen molar-refractivity contribution >= 4 is 23.1 Å². The molecule has 132 valence electrons. The Labute approximate surface area is 152 Å². The highest BCUT2D eigenvalue weighted by atomic mass is 16.5. The summed E-state index contributed by atoms with van der Waals surface area (Å²) >= 11 is 0. The molecule has 3 rings (SSSR count). The van der Waals surface area contributed by atoms with Crippen LogP contribution in [0.4, 0.5) is 17.2 Å². The lowest BCUT2D eigenvalue weighted by molar-refractivity contribution is 0.102. The highest BCUT2D eigenvalue weighted by molar-refractivity contribution is 6.02. The molecular formula is C20H20N4O2. The number of hydrogen-bond donors (Lipinski definition) is 2. The summed E-state index contributed by atoms with van der Waals surface area (Å²) in [5, 5.41) is 14.1. The summed E-state index contributed by atoms with van der Waals surface area (Å²) in [7, 11) is 1.59. The van der Waals surface area contributed by atoms with Crippen LogP contribution in [0, 0.1) is 13.8 Å². The van der Waals surface area contributed by atoms with Gasteiger partial charge in [0.1, 0.15) is 5.75 Å². The summed E-state index contributed by atoms with van der Waals surface area (Å²) in [6.07, 6.45) is 0. The molecule has 0 radical (unpaired) electrons. The van der Waals surface area contributed by atoms with Crippen molar-refractivity contribution in [3.63, 3.8) is 0 Å². The minimum atomic E-state index is -0.319. The highest BCUT2D eigenvalue weighted by Crippen LogP contribution is 2.20. The third kappa shape index (κ3) is 4.16. The van der Waals surface area contributed by atoms with Crippen molar-refractivity contribution in [1.82, 2.24) is 10.2 Å². The first-order valence-electron chi connectivity index (χ1n) is 8.18. The van der Waals surface area contributed by atoms with Gasteiger partial charge in [-0.25, -0.2) is 0 Å². The van der Waals surface area contributed by atoms with E-state index in [1.807, 2.05) is 26.0 Å². The van der Waals surface area contributed by atoms with Crippen LogP contribution < -0.4 is 15.4 Å². The van der Waals surface area contributed by atoms with E-state index in [1.54, 1.807) is 43.5 Å². The van der Waals surface area contributed by atoms with E-state index in [-0.39, 0.29) is 11.6 Å². The van der Waals surface area contributed by atoms with Gasteiger partial charge in [-0.15, -0.1) is 10.2 Å². The average Bonchev–Trinajstić information content (AvgIpc) is 2.66. The minimum absolute atomic E-state index is 0.243. The fourth-order valence-electron chi connectivity index (χ4n) is 2.40. The third-order valence-corrected chi connectivity index (χ3v) is 3.90. The second kappa shape index (κ2) is 7.65. The van der Waals surface area contributed by atoms with Gasteiger partial charge in [-0.1, -0.05) is 12.1 Å². The SMILES string of the molecule is COc1ccc(NC(=O)c2ccc(Nc3cc(C)ccc3C)nn2)cc1. The Hall–Kier alpha value is -3.41. The molecule has 0 saturated carbocycles. The molecule has 0 unspecified atom stereocenters. The zero-order chi connectivity index (χ0) is 18.5. The van der Waals surface area contributed by atoms with Crippen LogP contribution in [0.5, 0.6) is 5.75 Å². The number of ether oxygens (including phenoxy) is 1. The van der Waals surface area contributed by atoms with Crippen molar-refractivity contribution in [2.45, 2.75) is 13.8 Å². The maximum atomic E-state index is 12.3. The van der Waals surface area contributed by atoms with Gasteiger partial charge in [0.15, 0.2) is 11.5 Å². The third-order valence-electron chi connectivity index (χ3n) is 3.90. The maximum absolute atomic E-state index is 12.3. The molecule has 6 heteroatoms. The Kier molecular flexibility index (Phi) is 5.12. The Balaban J connectivity index is 1.68. The number of anilines is 3. The van der Waals surface area contributed by atoms with Crippen molar-refractivity contribution < 1.29 is 9.53 Å². The first kappa shape index (κ1) is 17.4. The van der Waals surface area contributed by atoms with Gasteiger partial charge in [0, 0.05) is 11.4 Å². The molecule has 0 bridgehead atoms. The molecule has 0 fully saturated rings. The number of carbonyl (C=O) groups excluding carboxylic acids is 1. The number of nitrogens with one attached hydrogen (secondary N) is 2. The fraction of sp³-hybridized carbons (Fsp3) is 0.150. The lowest BCUT2D eigenvalue weighted by Crippen LogP contribution is -2.14. The second-order valence-corrected chi connectivity index (χ2v) is 5.93. The van der Waals surface area contributed by atoms with E-state index in [1.165, 1.54) is 0 Å². The Morgan fingerprint density at radius 3 is 2.38 bits per heavy atom. The maximum Gasteiger partial charge on any atom is 0.276 e. The lowest BCUT2D eigenvalue weighted by Gasteiger charge is -2.10. The number of rotatable bonds is 5. The summed E-state index contributed by atoms with van der Waals surface area (Å²) in [5.41, 5.74) is 4.14. The van der Waals surface area contributed by atoms with Crippen LogP contribution in [0.25, 0.3) is 0 Å². The molecular weight excluding hydrogens is 328 g/mol. The zero-order valence-corrected chi connectivity index (χ0v) is 14.9. The Bertz CT molecular complexity index is 906. The van der Waals surface area contributed by atoms with E-state index in [2.05, 4.69) is 26.9 Å². The van der Waals surface area contributed by atoms with Gasteiger partial charge in [-0.3, -0.25) is 4.79 Å². The molecule has 2 aromatic carbocycles. The molecule has 1 amide bonds. The monoisotopic (exact) mass is 348 g/mol. The summed E-state index contributed by atoms with van der Waals surface area (Å²) in [5.74, 6) is 0.991. The van der Waals surface area contributed by atoms with Crippen LogP contribution in [0.15, 0.2) is 54.6 Å². The smallest absolute Gasteiger partial charge is 0.276 e. The first-order chi connectivity index (χ1) is 12.5. The Morgan fingerprint density at radius 1 is 0.962 bits per heavy atom. The molecule has 2 N–H and O–H groups in total. The summed E-state index contributed by atoms with van der Waals surface area (Å²) in [6.45, 7) is 4.05. The molecule has 26 heavy (non-hydrogen) atoms. The van der Waals surface area contributed by atoms with E-state index in [9.17, 15) is 4.79 Å². The number of amides is 1. The number of hydrogen-bond acceptors (Lipinski definition) is 5. The highest BCUT2D eigenvalue weighted by Gasteiger charge is 2.09. The van der Waals surface area contributed by atoms with Crippen molar-refractivity contribution in [3.8, 4) is 5.75 Å². The summed E-state index contributed by atoms with van der Waals surface area (Å²) in [6, 6.07) is 16.6. The molecule has 0 aliphatic heterocycles. The molecule has 0 atom stereocenters. The van der Waals surface area contributed by atoms with Crippen LogP contribution in [-0.2, 0) is 0 Å². The summed E-state index contributed by atoms with van der Waals surface area (Å²) in [4.78, 5) is 12.3. The molecule has 1 heterocycles. The van der Waals surface area contributed by atoms with E-state index in [0.717, 1.165) is 22.6 Å². The lowest BCUT2D eigenvalue weighted by atomic mass is 10.1. The van der Waals surface area contributed by atoms with Crippen LogP contribution in [0.3, 0.4) is 0 Å². The van der Waals surface area contributed by atoms with Crippen LogP contribution in [0.1, 0.15) is 21.6 Å². The molecule has 1 aromatic heterocycles. The van der Waals surface area contributed by atoms with Gasteiger partial charge in [0.2, 0.25) is 0 Å². The molecule has 0 aliphatic rings. The van der Waals surface area contributed by atoms with Crippen molar-refractivity contribution in [3.05, 3.63) is 71.4 Å². The minimum Gasteiger partial charge on any atom is -0.497 e. The fourth-order valence-corrected chi connectivity index (χ4v) is 2.40. The summed E-state index contributed by atoms with van der Waals surface area (Å²) < 4.78 is 5.09. The second-order valence-electron chi connectivity index (χ2n) is 5.93. The first-order valence-corrected chi connectivity index (χ1v) is 8.18. The largest absolute Gasteiger partial charge is 0.497 e. The van der Waals surface area contributed by atoms with Crippen molar-refractivity contribution in [2.75, 3.05) is 17.7 Å². The predicted octanol–water partition coefficient (Wildman–Crippen LogP) is 4.10. The van der Waals surface area contributed by atoms with E-state index in [0.29, 0.717) is 11.5 Å².